The molecule has 2 heteroatoms. The van der Waals surface area contributed by atoms with Crippen molar-refractivity contribution in [3.05, 3.63) is 0 Å². The zero-order valence-electron chi connectivity index (χ0n) is 12.2. The van der Waals surface area contributed by atoms with Gasteiger partial charge in [0.25, 0.3) is 0 Å². The Morgan fingerprint density at radius 2 is 1.76 bits per heavy atom. The van der Waals surface area contributed by atoms with Crippen molar-refractivity contribution in [2.45, 2.75) is 58.9 Å². The fourth-order valence-corrected chi connectivity index (χ4v) is 3.53. The van der Waals surface area contributed by atoms with Gasteiger partial charge in [-0.15, -0.1) is 0 Å². The summed E-state index contributed by atoms with van der Waals surface area (Å²) < 4.78 is 0. The molecule has 0 aromatic rings. The number of hydrogen-bond acceptors (Lipinski definition) is 2. The third-order valence-corrected chi connectivity index (χ3v) is 5.19. The average Bonchev–Trinajstić information content (AvgIpc) is 2.35. The molecule has 1 rings (SSSR count). The SMILES string of the molecule is CCC1CCC(N(C)CC(CS)C(C)C)CC1. The van der Waals surface area contributed by atoms with E-state index in [-0.39, 0.29) is 0 Å². The Bertz CT molecular complexity index is 197. The van der Waals surface area contributed by atoms with Gasteiger partial charge in [0.2, 0.25) is 0 Å². The van der Waals surface area contributed by atoms with Gasteiger partial charge in [0.15, 0.2) is 0 Å². The van der Waals surface area contributed by atoms with Gasteiger partial charge in [0.05, 0.1) is 0 Å². The van der Waals surface area contributed by atoms with Crippen LogP contribution in [0.15, 0.2) is 0 Å². The molecule has 0 amide bonds. The standard InChI is InChI=1S/C15H31NS/c1-5-13-6-8-15(9-7-13)16(4)10-14(11-17)12(2)3/h12-15,17H,5-11H2,1-4H3. The molecule has 1 fully saturated rings. The van der Waals surface area contributed by atoms with Gasteiger partial charge in [0, 0.05) is 12.6 Å². The summed E-state index contributed by atoms with van der Waals surface area (Å²) in [5, 5.41) is 0. The summed E-state index contributed by atoms with van der Waals surface area (Å²) in [4.78, 5) is 2.60. The lowest BCUT2D eigenvalue weighted by atomic mass is 9.83. The summed E-state index contributed by atoms with van der Waals surface area (Å²) in [5.74, 6) is 3.52. The van der Waals surface area contributed by atoms with E-state index in [4.69, 9.17) is 0 Å². The van der Waals surface area contributed by atoms with E-state index < -0.39 is 0 Å². The summed E-state index contributed by atoms with van der Waals surface area (Å²) in [5.41, 5.74) is 0. The molecular formula is C15H31NS. The molecule has 1 unspecified atom stereocenters. The van der Waals surface area contributed by atoms with E-state index in [1.165, 1.54) is 38.6 Å². The van der Waals surface area contributed by atoms with Crippen molar-refractivity contribution in [2.75, 3.05) is 19.3 Å². The summed E-state index contributed by atoms with van der Waals surface area (Å²) in [6.45, 7) is 8.21. The zero-order chi connectivity index (χ0) is 12.8. The predicted molar refractivity (Wildman–Crippen MR) is 80.8 cm³/mol. The lowest BCUT2D eigenvalue weighted by Gasteiger charge is -2.36. The van der Waals surface area contributed by atoms with Gasteiger partial charge in [-0.25, -0.2) is 0 Å². The molecule has 0 spiro atoms. The Balaban J connectivity index is 2.35. The predicted octanol–water partition coefficient (Wildman–Crippen LogP) is 4.09. The van der Waals surface area contributed by atoms with E-state index in [0.29, 0.717) is 0 Å². The minimum absolute atomic E-state index is 0.743. The maximum absolute atomic E-state index is 4.50. The van der Waals surface area contributed by atoms with Gasteiger partial charge in [-0.3, -0.25) is 0 Å². The third kappa shape index (κ3) is 4.82. The van der Waals surface area contributed by atoms with Crippen LogP contribution in [-0.2, 0) is 0 Å². The van der Waals surface area contributed by atoms with E-state index in [1.807, 2.05) is 0 Å². The highest BCUT2D eigenvalue weighted by molar-refractivity contribution is 7.80. The second-order valence-corrected chi connectivity index (χ2v) is 6.57. The van der Waals surface area contributed by atoms with Crippen LogP contribution in [0.25, 0.3) is 0 Å². The summed E-state index contributed by atoms with van der Waals surface area (Å²) in [6, 6.07) is 0.832. The lowest BCUT2D eigenvalue weighted by Crippen LogP contribution is -2.39. The Labute approximate surface area is 114 Å². The fraction of sp³-hybridized carbons (Fsp3) is 1.00. The molecular weight excluding hydrogens is 226 g/mol. The number of nitrogens with zero attached hydrogens (tertiary/aromatic N) is 1. The van der Waals surface area contributed by atoms with E-state index in [1.54, 1.807) is 0 Å². The molecule has 0 aliphatic heterocycles. The van der Waals surface area contributed by atoms with Crippen LogP contribution >= 0.6 is 12.6 Å². The summed E-state index contributed by atoms with van der Waals surface area (Å²) in [6.07, 6.45) is 7.08. The van der Waals surface area contributed by atoms with Gasteiger partial charge in [-0.2, -0.15) is 12.6 Å². The molecule has 0 bridgehead atoms. The van der Waals surface area contributed by atoms with Gasteiger partial charge < -0.3 is 4.90 Å². The number of thiol groups is 1. The fourth-order valence-electron chi connectivity index (χ4n) is 2.99. The minimum Gasteiger partial charge on any atom is -0.303 e. The summed E-state index contributed by atoms with van der Waals surface area (Å²) >= 11 is 4.50. The normalized spacial score (nSPS) is 27.7. The Kier molecular flexibility index (Phi) is 6.94. The molecule has 1 atom stereocenters. The van der Waals surface area contributed by atoms with E-state index in [2.05, 4.69) is 45.3 Å². The van der Waals surface area contributed by atoms with Gasteiger partial charge in [-0.05, 0) is 56.2 Å². The molecule has 0 saturated heterocycles. The van der Waals surface area contributed by atoms with Crippen molar-refractivity contribution in [1.29, 1.82) is 0 Å². The smallest absolute Gasteiger partial charge is 0.00925 e. The van der Waals surface area contributed by atoms with Crippen molar-refractivity contribution >= 4 is 12.6 Å². The highest BCUT2D eigenvalue weighted by Crippen LogP contribution is 2.29. The first-order valence-electron chi connectivity index (χ1n) is 7.39. The van der Waals surface area contributed by atoms with Crippen LogP contribution in [0.2, 0.25) is 0 Å². The van der Waals surface area contributed by atoms with Crippen LogP contribution < -0.4 is 0 Å². The van der Waals surface area contributed by atoms with Crippen LogP contribution in [0.1, 0.15) is 52.9 Å². The number of rotatable bonds is 6. The Morgan fingerprint density at radius 1 is 1.18 bits per heavy atom. The van der Waals surface area contributed by atoms with E-state index >= 15 is 0 Å². The minimum atomic E-state index is 0.743. The molecule has 0 aromatic carbocycles. The largest absolute Gasteiger partial charge is 0.303 e. The second-order valence-electron chi connectivity index (χ2n) is 6.21. The quantitative estimate of drug-likeness (QED) is 0.702. The monoisotopic (exact) mass is 257 g/mol. The van der Waals surface area contributed by atoms with Crippen LogP contribution in [0.3, 0.4) is 0 Å². The van der Waals surface area contributed by atoms with Crippen molar-refractivity contribution in [3.8, 4) is 0 Å². The second kappa shape index (κ2) is 7.68. The average molecular weight is 257 g/mol. The maximum Gasteiger partial charge on any atom is 0.00925 e. The van der Waals surface area contributed by atoms with E-state index in [9.17, 15) is 0 Å². The Hall–Kier alpha value is 0.310. The van der Waals surface area contributed by atoms with E-state index in [0.717, 1.165) is 29.5 Å². The Morgan fingerprint density at radius 3 is 2.18 bits per heavy atom. The van der Waals surface area contributed by atoms with Crippen LogP contribution in [0, 0.1) is 17.8 Å². The van der Waals surface area contributed by atoms with Crippen molar-refractivity contribution < 1.29 is 0 Å². The molecule has 0 N–H and O–H groups in total. The van der Waals surface area contributed by atoms with Crippen molar-refractivity contribution in [1.82, 2.24) is 4.90 Å². The summed E-state index contributed by atoms with van der Waals surface area (Å²) in [7, 11) is 2.32. The van der Waals surface area contributed by atoms with Gasteiger partial charge in [-0.1, -0.05) is 27.2 Å². The van der Waals surface area contributed by atoms with Crippen LogP contribution in [0.4, 0.5) is 0 Å². The van der Waals surface area contributed by atoms with Gasteiger partial charge >= 0.3 is 0 Å². The molecule has 1 nitrogen and oxygen atoms in total. The highest BCUT2D eigenvalue weighted by Gasteiger charge is 2.24. The molecule has 0 heterocycles. The topological polar surface area (TPSA) is 3.24 Å². The van der Waals surface area contributed by atoms with Crippen molar-refractivity contribution in [3.63, 3.8) is 0 Å². The molecule has 1 aliphatic carbocycles. The van der Waals surface area contributed by atoms with Crippen LogP contribution in [0.5, 0.6) is 0 Å². The van der Waals surface area contributed by atoms with Crippen LogP contribution in [-0.4, -0.2) is 30.3 Å². The highest BCUT2D eigenvalue weighted by atomic mass is 32.1. The maximum atomic E-state index is 4.50. The molecule has 102 valence electrons. The first-order valence-corrected chi connectivity index (χ1v) is 8.02. The molecule has 17 heavy (non-hydrogen) atoms. The first kappa shape index (κ1) is 15.4. The molecule has 0 radical (unpaired) electrons. The molecule has 0 aromatic heterocycles. The molecule has 1 aliphatic rings. The number of hydrogen-bond donors (Lipinski definition) is 1. The first-order chi connectivity index (χ1) is 8.08. The van der Waals surface area contributed by atoms with Gasteiger partial charge in [0.1, 0.15) is 0 Å². The zero-order valence-corrected chi connectivity index (χ0v) is 13.0. The lowest BCUT2D eigenvalue weighted by molar-refractivity contribution is 0.138. The third-order valence-electron chi connectivity index (χ3n) is 4.72. The molecule has 1 saturated carbocycles. The van der Waals surface area contributed by atoms with Crippen molar-refractivity contribution in [2.24, 2.45) is 17.8 Å².